The highest BCUT2D eigenvalue weighted by atomic mass is 35.5. The van der Waals surface area contributed by atoms with Gasteiger partial charge in [0.15, 0.2) is 5.65 Å². The maximum Gasteiger partial charge on any atom is 0.320 e. The highest BCUT2D eigenvalue weighted by molar-refractivity contribution is 6.39. The summed E-state index contributed by atoms with van der Waals surface area (Å²) in [4.78, 5) is 24.7. The van der Waals surface area contributed by atoms with E-state index in [-0.39, 0.29) is 0 Å². The van der Waals surface area contributed by atoms with Gasteiger partial charge in [-0.1, -0.05) is 29.3 Å². The molecule has 0 aliphatic heterocycles. The van der Waals surface area contributed by atoms with Gasteiger partial charge < -0.3 is 5.32 Å². The number of aromatic nitrogens is 3. The van der Waals surface area contributed by atoms with Crippen molar-refractivity contribution in [2.24, 2.45) is 0 Å². The van der Waals surface area contributed by atoms with Crippen LogP contribution in [0.1, 0.15) is 5.82 Å². The maximum atomic E-state index is 11.8. The largest absolute Gasteiger partial charge is 0.341 e. The molecule has 2 amide bonds. The van der Waals surface area contributed by atoms with Crippen LogP contribution < -0.4 is 10.6 Å². The number of hydrogen-bond donors (Lipinski definition) is 2. The van der Waals surface area contributed by atoms with Crippen molar-refractivity contribution in [2.75, 3.05) is 12.4 Å². The molecular formula is C16H13Cl2N5O. The molecule has 0 atom stereocenters. The molecule has 1 aromatic carbocycles. The van der Waals surface area contributed by atoms with Gasteiger partial charge in [-0.2, -0.15) is 0 Å². The monoisotopic (exact) mass is 361 g/mol. The topological polar surface area (TPSA) is 79.8 Å². The minimum absolute atomic E-state index is 0.315. The van der Waals surface area contributed by atoms with E-state index >= 15 is 0 Å². The number of amides is 2. The number of urea groups is 1. The van der Waals surface area contributed by atoms with Crippen molar-refractivity contribution in [3.63, 3.8) is 0 Å². The van der Waals surface area contributed by atoms with E-state index in [1.807, 2.05) is 0 Å². The number of benzene rings is 1. The number of rotatable bonds is 2. The number of hydrogen-bond acceptors (Lipinski definition) is 4. The molecule has 8 heteroatoms. The molecule has 2 heterocycles. The molecule has 2 N–H and O–H groups in total. The number of nitrogens with one attached hydrogen (secondary N) is 2. The van der Waals surface area contributed by atoms with Crippen molar-refractivity contribution in [3.8, 4) is 11.1 Å². The molecule has 0 saturated carbocycles. The van der Waals surface area contributed by atoms with Gasteiger partial charge >= 0.3 is 6.03 Å². The molecule has 0 aliphatic rings. The van der Waals surface area contributed by atoms with Crippen molar-refractivity contribution < 1.29 is 4.79 Å². The van der Waals surface area contributed by atoms with E-state index in [1.165, 1.54) is 7.05 Å². The van der Waals surface area contributed by atoms with Crippen LogP contribution in [0.2, 0.25) is 10.0 Å². The van der Waals surface area contributed by atoms with Crippen LogP contribution in [0.3, 0.4) is 0 Å². The molecule has 0 saturated heterocycles. The van der Waals surface area contributed by atoms with Crippen molar-refractivity contribution in [1.29, 1.82) is 0 Å². The summed E-state index contributed by atoms with van der Waals surface area (Å²) in [5.41, 5.74) is 1.65. The molecule has 3 rings (SSSR count). The number of anilines is 1. The normalized spacial score (nSPS) is 10.7. The summed E-state index contributed by atoms with van der Waals surface area (Å²) in [6.07, 6.45) is 1.67. The van der Waals surface area contributed by atoms with Crippen LogP contribution in [0.25, 0.3) is 22.2 Å². The quantitative estimate of drug-likeness (QED) is 0.721. The van der Waals surface area contributed by atoms with E-state index < -0.39 is 6.03 Å². The van der Waals surface area contributed by atoms with Gasteiger partial charge in [0.05, 0.1) is 10.0 Å². The molecule has 0 fully saturated rings. The highest BCUT2D eigenvalue weighted by Crippen LogP contribution is 2.39. The minimum atomic E-state index is -0.406. The average molecular weight is 362 g/mol. The van der Waals surface area contributed by atoms with Gasteiger partial charge in [-0.3, -0.25) is 5.32 Å². The molecular weight excluding hydrogens is 349 g/mol. The van der Waals surface area contributed by atoms with Crippen molar-refractivity contribution in [3.05, 3.63) is 46.3 Å². The van der Waals surface area contributed by atoms with Gasteiger partial charge in [0.2, 0.25) is 0 Å². The number of fused-ring (bicyclic) bond motifs is 1. The molecule has 3 aromatic rings. The number of aryl methyl sites for hydroxylation is 1. The van der Waals surface area contributed by atoms with E-state index in [1.54, 1.807) is 37.4 Å². The first-order valence-electron chi connectivity index (χ1n) is 7.07. The van der Waals surface area contributed by atoms with Crippen molar-refractivity contribution in [1.82, 2.24) is 20.3 Å². The second kappa shape index (κ2) is 6.59. The zero-order chi connectivity index (χ0) is 17.3. The third-order valence-electron chi connectivity index (χ3n) is 3.38. The predicted molar refractivity (Wildman–Crippen MR) is 95.6 cm³/mol. The lowest BCUT2D eigenvalue weighted by atomic mass is 10.0. The molecule has 6 nitrogen and oxygen atoms in total. The van der Waals surface area contributed by atoms with E-state index in [0.717, 1.165) is 0 Å². The predicted octanol–water partition coefficient (Wildman–Crippen LogP) is 4.06. The number of pyridine rings is 1. The molecule has 2 aromatic heterocycles. The number of nitrogens with zero attached hydrogens (tertiary/aromatic N) is 3. The summed E-state index contributed by atoms with van der Waals surface area (Å²) in [6, 6.07) is 6.60. The van der Waals surface area contributed by atoms with Crippen LogP contribution >= 0.6 is 23.2 Å². The zero-order valence-electron chi connectivity index (χ0n) is 12.9. The number of carbonyl (C=O) groups excluding carboxylic acids is 1. The Balaban J connectivity index is 2.29. The average Bonchev–Trinajstić information content (AvgIpc) is 2.55. The Bertz CT molecular complexity index is 925. The Morgan fingerprint density at radius 1 is 1.17 bits per heavy atom. The molecule has 24 heavy (non-hydrogen) atoms. The van der Waals surface area contributed by atoms with Crippen LogP contribution in [-0.4, -0.2) is 28.0 Å². The Kier molecular flexibility index (Phi) is 4.51. The van der Waals surface area contributed by atoms with E-state index in [0.29, 0.717) is 43.8 Å². The van der Waals surface area contributed by atoms with Crippen molar-refractivity contribution >= 4 is 46.1 Å². The maximum absolute atomic E-state index is 11.8. The molecule has 122 valence electrons. The summed E-state index contributed by atoms with van der Waals surface area (Å²) in [7, 11) is 1.52. The fraction of sp³-hybridized carbons (Fsp3) is 0.125. The van der Waals surface area contributed by atoms with E-state index in [2.05, 4.69) is 25.6 Å². The second-order valence-electron chi connectivity index (χ2n) is 5.02. The van der Waals surface area contributed by atoms with Crippen LogP contribution in [0, 0.1) is 6.92 Å². The first-order valence-corrected chi connectivity index (χ1v) is 7.82. The van der Waals surface area contributed by atoms with Gasteiger partial charge in [-0.25, -0.2) is 19.7 Å². The standard InChI is InChI=1S/C16H13Cl2N5O/c1-8-20-7-9-6-10(13-11(17)4-3-5-12(13)18)15(22-14(9)21-8)23-16(24)19-2/h3-7H,1-2H3,(H2,19,20,21,22,23,24). The summed E-state index contributed by atoms with van der Waals surface area (Å²) in [5.74, 6) is 0.902. The Morgan fingerprint density at radius 3 is 2.54 bits per heavy atom. The summed E-state index contributed by atoms with van der Waals surface area (Å²) >= 11 is 12.6. The third kappa shape index (κ3) is 3.11. The highest BCUT2D eigenvalue weighted by Gasteiger charge is 2.17. The fourth-order valence-corrected chi connectivity index (χ4v) is 2.86. The lowest BCUT2D eigenvalue weighted by Crippen LogP contribution is -2.25. The smallest absolute Gasteiger partial charge is 0.320 e. The van der Waals surface area contributed by atoms with E-state index in [4.69, 9.17) is 23.2 Å². The Morgan fingerprint density at radius 2 is 1.88 bits per heavy atom. The van der Waals surface area contributed by atoms with Crippen LogP contribution in [0.15, 0.2) is 30.5 Å². The van der Waals surface area contributed by atoms with Crippen LogP contribution in [0.5, 0.6) is 0 Å². The summed E-state index contributed by atoms with van der Waals surface area (Å²) in [6.45, 7) is 1.77. The lowest BCUT2D eigenvalue weighted by Gasteiger charge is -2.14. The summed E-state index contributed by atoms with van der Waals surface area (Å²) in [5, 5.41) is 6.81. The fourth-order valence-electron chi connectivity index (χ4n) is 2.26. The Hall–Kier alpha value is -2.44. The van der Waals surface area contributed by atoms with Gasteiger partial charge in [-0.05, 0) is 25.1 Å². The molecule has 0 spiro atoms. The number of halogens is 2. The molecule has 0 bridgehead atoms. The molecule has 0 aliphatic carbocycles. The van der Waals surface area contributed by atoms with Gasteiger partial charge in [-0.15, -0.1) is 0 Å². The number of carbonyl (C=O) groups is 1. The van der Waals surface area contributed by atoms with Gasteiger partial charge in [0, 0.05) is 29.8 Å². The van der Waals surface area contributed by atoms with E-state index in [9.17, 15) is 4.79 Å². The second-order valence-corrected chi connectivity index (χ2v) is 5.83. The molecule has 0 unspecified atom stereocenters. The molecule has 0 radical (unpaired) electrons. The van der Waals surface area contributed by atoms with Gasteiger partial charge in [0.1, 0.15) is 11.6 Å². The first-order chi connectivity index (χ1) is 11.5. The summed E-state index contributed by atoms with van der Waals surface area (Å²) < 4.78 is 0. The minimum Gasteiger partial charge on any atom is -0.341 e. The Labute approximate surface area is 148 Å². The van der Waals surface area contributed by atoms with Crippen LogP contribution in [0.4, 0.5) is 10.6 Å². The van der Waals surface area contributed by atoms with Crippen LogP contribution in [-0.2, 0) is 0 Å². The first kappa shape index (κ1) is 16.4. The zero-order valence-corrected chi connectivity index (χ0v) is 14.4. The lowest BCUT2D eigenvalue weighted by molar-refractivity contribution is 0.254. The van der Waals surface area contributed by atoms with Crippen molar-refractivity contribution in [2.45, 2.75) is 6.92 Å². The van der Waals surface area contributed by atoms with Gasteiger partial charge in [0.25, 0.3) is 0 Å². The third-order valence-corrected chi connectivity index (χ3v) is 4.01. The SMILES string of the molecule is CNC(=O)Nc1nc2nc(C)ncc2cc1-c1c(Cl)cccc1Cl.